The van der Waals surface area contributed by atoms with E-state index in [-0.39, 0.29) is 17.7 Å². The molecule has 1 aromatic heterocycles. The summed E-state index contributed by atoms with van der Waals surface area (Å²) >= 11 is 5.91. The van der Waals surface area contributed by atoms with E-state index in [0.29, 0.717) is 37.5 Å². The largest absolute Gasteiger partial charge is 0.350 e. The van der Waals surface area contributed by atoms with Crippen LogP contribution in [0.3, 0.4) is 0 Å². The zero-order valence-corrected chi connectivity index (χ0v) is 16.9. The summed E-state index contributed by atoms with van der Waals surface area (Å²) in [6.45, 7) is 3.59. The van der Waals surface area contributed by atoms with Gasteiger partial charge < -0.3 is 10.2 Å². The lowest BCUT2D eigenvalue weighted by Gasteiger charge is -2.32. The van der Waals surface area contributed by atoms with Crippen molar-refractivity contribution in [2.24, 2.45) is 5.92 Å². The Balaban J connectivity index is 1.50. The Kier molecular flexibility index (Phi) is 7.04. The van der Waals surface area contributed by atoms with Crippen molar-refractivity contribution in [1.82, 2.24) is 15.2 Å². The number of hydrogen-bond acceptors (Lipinski definition) is 3. The first kappa shape index (κ1) is 20.3. The van der Waals surface area contributed by atoms with Crippen LogP contribution in [0.5, 0.6) is 0 Å². The Morgan fingerprint density at radius 3 is 2.64 bits per heavy atom. The molecule has 28 heavy (non-hydrogen) atoms. The van der Waals surface area contributed by atoms with E-state index in [0.717, 1.165) is 24.1 Å². The first-order valence-electron chi connectivity index (χ1n) is 9.79. The number of benzene rings is 1. The van der Waals surface area contributed by atoms with Gasteiger partial charge in [0.25, 0.3) is 0 Å². The Hall–Kier alpha value is -2.40. The smallest absolute Gasteiger partial charge is 0.225 e. The molecule has 1 aliphatic rings. The van der Waals surface area contributed by atoms with Gasteiger partial charge in [0.2, 0.25) is 11.8 Å². The van der Waals surface area contributed by atoms with E-state index in [2.05, 4.69) is 17.2 Å². The van der Waals surface area contributed by atoms with Gasteiger partial charge in [0.15, 0.2) is 0 Å². The quantitative estimate of drug-likeness (QED) is 0.776. The van der Waals surface area contributed by atoms with Gasteiger partial charge in [-0.3, -0.25) is 14.6 Å². The molecule has 1 atom stereocenters. The predicted octanol–water partition coefficient (Wildman–Crippen LogP) is 3.39. The highest BCUT2D eigenvalue weighted by molar-refractivity contribution is 6.30. The number of carbonyl (C=O) groups is 2. The Bertz CT molecular complexity index is 806. The average Bonchev–Trinajstić information content (AvgIpc) is 2.73. The highest BCUT2D eigenvalue weighted by atomic mass is 35.5. The van der Waals surface area contributed by atoms with Crippen LogP contribution >= 0.6 is 11.6 Å². The third-order valence-electron chi connectivity index (χ3n) is 5.19. The molecule has 0 radical (unpaired) electrons. The van der Waals surface area contributed by atoms with Crippen molar-refractivity contribution in [3.8, 4) is 0 Å². The van der Waals surface area contributed by atoms with Gasteiger partial charge in [-0.2, -0.15) is 0 Å². The van der Waals surface area contributed by atoms with Crippen molar-refractivity contribution < 1.29 is 9.59 Å². The number of nitrogens with one attached hydrogen (secondary N) is 1. The zero-order chi connectivity index (χ0) is 19.9. The summed E-state index contributed by atoms with van der Waals surface area (Å²) in [4.78, 5) is 31.0. The molecule has 2 heterocycles. The average molecular weight is 400 g/mol. The Labute approximate surface area is 171 Å². The second-order valence-electron chi connectivity index (χ2n) is 7.18. The van der Waals surface area contributed by atoms with Crippen LogP contribution in [0.2, 0.25) is 5.02 Å². The maximum absolute atomic E-state index is 12.6. The van der Waals surface area contributed by atoms with Gasteiger partial charge >= 0.3 is 0 Å². The predicted molar refractivity (Wildman–Crippen MR) is 110 cm³/mol. The molecule has 0 saturated carbocycles. The van der Waals surface area contributed by atoms with E-state index in [9.17, 15) is 9.59 Å². The molecule has 1 aromatic carbocycles. The summed E-state index contributed by atoms with van der Waals surface area (Å²) in [6.07, 6.45) is 4.57. The number of carbonyl (C=O) groups excluding carboxylic acids is 2. The second-order valence-corrected chi connectivity index (χ2v) is 7.62. The number of aromatic nitrogens is 1. The normalized spacial score (nSPS) is 16.9. The number of rotatable bonds is 7. The number of halogens is 1. The first-order valence-corrected chi connectivity index (χ1v) is 10.2. The zero-order valence-electron chi connectivity index (χ0n) is 16.2. The first-order chi connectivity index (χ1) is 13.5. The topological polar surface area (TPSA) is 62.3 Å². The van der Waals surface area contributed by atoms with Crippen molar-refractivity contribution in [2.75, 3.05) is 13.1 Å². The molecule has 148 valence electrons. The lowest BCUT2D eigenvalue weighted by molar-refractivity contribution is -0.138. The molecular weight excluding hydrogens is 374 g/mol. The fourth-order valence-corrected chi connectivity index (χ4v) is 3.48. The van der Waals surface area contributed by atoms with Gasteiger partial charge in [0.1, 0.15) is 0 Å². The van der Waals surface area contributed by atoms with E-state index < -0.39 is 0 Å². The second kappa shape index (κ2) is 9.69. The van der Waals surface area contributed by atoms with Gasteiger partial charge in [0.05, 0.1) is 18.2 Å². The molecule has 3 rings (SSSR count). The van der Waals surface area contributed by atoms with E-state index in [1.54, 1.807) is 4.90 Å². The lowest BCUT2D eigenvalue weighted by Crippen LogP contribution is -2.46. The van der Waals surface area contributed by atoms with Crippen LogP contribution in [-0.2, 0) is 29.0 Å². The van der Waals surface area contributed by atoms with Gasteiger partial charge in [-0.1, -0.05) is 36.7 Å². The minimum Gasteiger partial charge on any atom is -0.350 e. The van der Waals surface area contributed by atoms with Crippen molar-refractivity contribution >= 4 is 23.4 Å². The van der Waals surface area contributed by atoms with E-state index >= 15 is 0 Å². The highest BCUT2D eigenvalue weighted by Gasteiger charge is 2.29. The molecule has 0 aliphatic carbocycles. The number of amides is 2. The summed E-state index contributed by atoms with van der Waals surface area (Å²) in [7, 11) is 0. The number of likely N-dealkylation sites (tertiary alicyclic amines) is 1. The van der Waals surface area contributed by atoms with Gasteiger partial charge in [-0.05, 0) is 48.6 Å². The van der Waals surface area contributed by atoms with Crippen molar-refractivity contribution in [3.63, 3.8) is 0 Å². The fourth-order valence-electron chi connectivity index (χ4n) is 3.35. The van der Waals surface area contributed by atoms with Crippen LogP contribution in [0, 0.1) is 5.92 Å². The van der Waals surface area contributed by atoms with Gasteiger partial charge in [-0.15, -0.1) is 0 Å². The molecule has 6 heteroatoms. The molecule has 0 unspecified atom stereocenters. The van der Waals surface area contributed by atoms with Crippen LogP contribution in [-0.4, -0.2) is 34.8 Å². The van der Waals surface area contributed by atoms with Crippen LogP contribution < -0.4 is 5.32 Å². The van der Waals surface area contributed by atoms with Crippen molar-refractivity contribution in [2.45, 2.75) is 39.2 Å². The fraction of sp³-hybridized carbons (Fsp3) is 0.409. The van der Waals surface area contributed by atoms with E-state index in [1.807, 2.05) is 42.6 Å². The number of piperidine rings is 1. The minimum absolute atomic E-state index is 0.00893. The number of nitrogens with zero attached hydrogens (tertiary/aromatic N) is 2. The lowest BCUT2D eigenvalue weighted by atomic mass is 9.96. The summed E-state index contributed by atoms with van der Waals surface area (Å²) in [6, 6.07) is 11.6. The van der Waals surface area contributed by atoms with Gasteiger partial charge in [-0.25, -0.2) is 0 Å². The molecule has 1 N–H and O–H groups in total. The van der Waals surface area contributed by atoms with Gasteiger partial charge in [0, 0.05) is 30.7 Å². The van der Waals surface area contributed by atoms with E-state index in [4.69, 9.17) is 11.6 Å². The summed E-state index contributed by atoms with van der Waals surface area (Å²) in [5, 5.41) is 3.67. The van der Waals surface area contributed by atoms with Crippen LogP contribution in [0.25, 0.3) is 0 Å². The Morgan fingerprint density at radius 1 is 1.21 bits per heavy atom. The maximum Gasteiger partial charge on any atom is 0.225 e. The number of aryl methyl sites for hydroxylation is 1. The van der Waals surface area contributed by atoms with Crippen LogP contribution in [0.15, 0.2) is 42.6 Å². The monoisotopic (exact) mass is 399 g/mol. The third-order valence-corrected chi connectivity index (χ3v) is 5.44. The maximum atomic E-state index is 12.6. The number of pyridine rings is 1. The molecule has 0 bridgehead atoms. The summed E-state index contributed by atoms with van der Waals surface area (Å²) in [5.74, 6) is -0.0574. The molecule has 1 saturated heterocycles. The van der Waals surface area contributed by atoms with Crippen molar-refractivity contribution in [1.29, 1.82) is 0 Å². The third kappa shape index (κ3) is 5.55. The molecule has 2 aromatic rings. The summed E-state index contributed by atoms with van der Waals surface area (Å²) < 4.78 is 0. The minimum atomic E-state index is -0.169. The highest BCUT2D eigenvalue weighted by Crippen LogP contribution is 2.19. The SMILES string of the molecule is CCc1ccc(CNC(=O)[C@@H]2CCC(=O)N(CCc3ccc(Cl)cc3)C2)nc1. The molecular formula is C22H26ClN3O2. The van der Waals surface area contributed by atoms with Crippen molar-refractivity contribution in [3.05, 3.63) is 64.4 Å². The van der Waals surface area contributed by atoms with Crippen LogP contribution in [0.1, 0.15) is 36.6 Å². The number of hydrogen-bond donors (Lipinski definition) is 1. The molecule has 1 aliphatic heterocycles. The summed E-state index contributed by atoms with van der Waals surface area (Å²) in [5.41, 5.74) is 3.15. The molecule has 0 spiro atoms. The molecule has 5 nitrogen and oxygen atoms in total. The molecule has 2 amide bonds. The molecule has 1 fully saturated rings. The van der Waals surface area contributed by atoms with E-state index in [1.165, 1.54) is 5.56 Å². The van der Waals surface area contributed by atoms with Crippen LogP contribution in [0.4, 0.5) is 0 Å². The standard InChI is InChI=1S/C22H26ClN3O2/c1-2-16-5-9-20(24-13-16)14-25-22(28)18-6-10-21(27)26(15-18)12-11-17-3-7-19(23)8-4-17/h3-5,7-9,13,18H,2,6,10-12,14-15H2,1H3,(H,25,28)/t18-/m1/s1. The Morgan fingerprint density at radius 2 is 1.96 bits per heavy atom.